The summed E-state index contributed by atoms with van der Waals surface area (Å²) in [6.45, 7) is 5.81. The van der Waals surface area contributed by atoms with Gasteiger partial charge in [0.05, 0.1) is 0 Å². The molecule has 23 heavy (non-hydrogen) atoms. The Bertz CT molecular complexity index is 500. The van der Waals surface area contributed by atoms with Crippen LogP contribution in [0.3, 0.4) is 0 Å². The van der Waals surface area contributed by atoms with Crippen LogP contribution in [0.5, 0.6) is 0 Å². The minimum absolute atomic E-state index is 0.262. The number of ether oxygens (including phenoxy) is 5. The lowest BCUT2D eigenvalue weighted by atomic mass is 9.97. The van der Waals surface area contributed by atoms with Crippen molar-refractivity contribution in [2.45, 2.75) is 58.7 Å². The van der Waals surface area contributed by atoms with Crippen LogP contribution in [-0.2, 0) is 42.9 Å². The van der Waals surface area contributed by atoms with Gasteiger partial charge in [0.25, 0.3) is 0 Å². The van der Waals surface area contributed by atoms with Gasteiger partial charge in [0, 0.05) is 27.7 Å². The second-order valence-electron chi connectivity index (χ2n) is 5.23. The highest BCUT2D eigenvalue weighted by molar-refractivity contribution is 5.69. The summed E-state index contributed by atoms with van der Waals surface area (Å²) in [6, 6.07) is 0. The fourth-order valence-corrected chi connectivity index (χ4v) is 2.28. The molecule has 0 spiro atoms. The van der Waals surface area contributed by atoms with Crippen LogP contribution in [0.25, 0.3) is 0 Å². The van der Waals surface area contributed by atoms with Gasteiger partial charge >= 0.3 is 23.9 Å². The van der Waals surface area contributed by atoms with Crippen LogP contribution in [0, 0.1) is 0 Å². The average molecular weight is 332 g/mol. The zero-order valence-corrected chi connectivity index (χ0v) is 13.6. The van der Waals surface area contributed by atoms with Gasteiger partial charge in [-0.15, -0.1) is 0 Å². The first-order chi connectivity index (χ1) is 10.6. The maximum Gasteiger partial charge on any atom is 0.305 e. The highest BCUT2D eigenvalue weighted by Crippen LogP contribution is 2.37. The Hall–Kier alpha value is -2.16. The lowest BCUT2D eigenvalue weighted by Gasteiger charge is -2.32. The molecule has 0 amide bonds. The zero-order chi connectivity index (χ0) is 17.8. The van der Waals surface area contributed by atoms with Gasteiger partial charge in [-0.3, -0.25) is 19.2 Å². The first-order valence-electron chi connectivity index (χ1n) is 6.89. The van der Waals surface area contributed by atoms with Gasteiger partial charge in [-0.1, -0.05) is 0 Å². The molecule has 1 fully saturated rings. The van der Waals surface area contributed by atoms with Gasteiger partial charge < -0.3 is 23.7 Å². The maximum absolute atomic E-state index is 11.4. The maximum atomic E-state index is 11.4. The molecule has 4 atom stereocenters. The summed E-state index contributed by atoms with van der Waals surface area (Å²) in [5.41, 5.74) is -1.58. The molecule has 130 valence electrons. The third-order valence-electron chi connectivity index (χ3n) is 3.05. The van der Waals surface area contributed by atoms with Gasteiger partial charge in [-0.05, 0) is 6.92 Å². The Labute approximate surface area is 133 Å². The normalized spacial score (nSPS) is 29.5. The van der Waals surface area contributed by atoms with E-state index in [2.05, 4.69) is 0 Å². The molecule has 1 unspecified atom stereocenters. The van der Waals surface area contributed by atoms with Gasteiger partial charge in [0.1, 0.15) is 12.7 Å². The smallest absolute Gasteiger partial charge is 0.305 e. The topological polar surface area (TPSA) is 114 Å². The summed E-state index contributed by atoms with van der Waals surface area (Å²) >= 11 is 0. The first kappa shape index (κ1) is 18.9. The van der Waals surface area contributed by atoms with E-state index < -0.39 is 48.0 Å². The highest BCUT2D eigenvalue weighted by Gasteiger charge is 2.60. The zero-order valence-electron chi connectivity index (χ0n) is 13.6. The number of rotatable bonds is 5. The lowest BCUT2D eigenvalue weighted by Crippen LogP contribution is -2.52. The second-order valence-corrected chi connectivity index (χ2v) is 5.23. The fraction of sp³-hybridized carbons (Fsp3) is 0.714. The average Bonchev–Trinajstić information content (AvgIpc) is 2.59. The van der Waals surface area contributed by atoms with E-state index >= 15 is 0 Å². The van der Waals surface area contributed by atoms with Gasteiger partial charge in [-0.2, -0.15) is 0 Å². The molecule has 0 saturated carbocycles. The number of carbonyl (C=O) groups is 4. The summed E-state index contributed by atoms with van der Waals surface area (Å²) < 4.78 is 25.7. The van der Waals surface area contributed by atoms with Crippen molar-refractivity contribution in [3.05, 3.63) is 0 Å². The SMILES string of the molecule is CC(=O)OC[C@H]1OC(OC(C)=O)[C@](C)(OC(C)=O)[C@@H]1OC(C)=O. The van der Waals surface area contributed by atoms with Crippen molar-refractivity contribution >= 4 is 23.9 Å². The van der Waals surface area contributed by atoms with Crippen molar-refractivity contribution in [2.24, 2.45) is 0 Å². The summed E-state index contributed by atoms with van der Waals surface area (Å²) in [6.07, 6.45) is -3.39. The molecule has 1 aliphatic rings. The van der Waals surface area contributed by atoms with Crippen molar-refractivity contribution in [3.8, 4) is 0 Å². The monoisotopic (exact) mass is 332 g/mol. The molecule has 0 aromatic heterocycles. The molecular formula is C14H20O9. The van der Waals surface area contributed by atoms with Crippen molar-refractivity contribution in [3.63, 3.8) is 0 Å². The predicted octanol–water partition coefficient (Wildman–Crippen LogP) is 0.0910. The number of hydrogen-bond acceptors (Lipinski definition) is 9. The van der Waals surface area contributed by atoms with E-state index in [1.54, 1.807) is 0 Å². The van der Waals surface area contributed by atoms with Crippen LogP contribution in [0.4, 0.5) is 0 Å². The van der Waals surface area contributed by atoms with Crippen LogP contribution >= 0.6 is 0 Å². The van der Waals surface area contributed by atoms with E-state index in [1.165, 1.54) is 13.8 Å². The molecule has 1 rings (SSSR count). The molecule has 1 saturated heterocycles. The Morgan fingerprint density at radius 2 is 1.48 bits per heavy atom. The number of carbonyl (C=O) groups excluding carboxylic acids is 4. The van der Waals surface area contributed by atoms with E-state index in [9.17, 15) is 19.2 Å². The number of hydrogen-bond donors (Lipinski definition) is 0. The molecular weight excluding hydrogens is 312 g/mol. The van der Waals surface area contributed by atoms with Crippen LogP contribution in [0.2, 0.25) is 0 Å². The Kier molecular flexibility index (Phi) is 6.08. The van der Waals surface area contributed by atoms with Crippen molar-refractivity contribution in [1.82, 2.24) is 0 Å². The third kappa shape index (κ3) is 4.92. The van der Waals surface area contributed by atoms with E-state index in [0.29, 0.717) is 0 Å². The molecule has 0 bridgehead atoms. The van der Waals surface area contributed by atoms with E-state index in [4.69, 9.17) is 23.7 Å². The minimum Gasteiger partial charge on any atom is -0.463 e. The lowest BCUT2D eigenvalue weighted by molar-refractivity contribution is -0.219. The van der Waals surface area contributed by atoms with Gasteiger partial charge in [0.2, 0.25) is 11.9 Å². The van der Waals surface area contributed by atoms with Crippen molar-refractivity contribution in [2.75, 3.05) is 6.61 Å². The molecule has 0 aromatic rings. The standard InChI is InChI=1S/C14H20O9/c1-7(15)19-6-11-12(20-8(2)16)14(5,23-10(4)18)13(22-11)21-9(3)17/h11-13H,6H2,1-5H3/t11-,12-,13?,14-/m1/s1. The van der Waals surface area contributed by atoms with Crippen LogP contribution in [0.1, 0.15) is 34.6 Å². The van der Waals surface area contributed by atoms with Gasteiger partial charge in [0.15, 0.2) is 6.10 Å². The number of esters is 4. The van der Waals surface area contributed by atoms with Crippen LogP contribution in [-0.4, -0.2) is 54.6 Å². The van der Waals surface area contributed by atoms with Crippen molar-refractivity contribution < 1.29 is 42.9 Å². The Morgan fingerprint density at radius 1 is 0.913 bits per heavy atom. The summed E-state index contributed by atoms with van der Waals surface area (Å²) in [5.74, 6) is -2.59. The van der Waals surface area contributed by atoms with E-state index in [0.717, 1.165) is 20.8 Å². The summed E-state index contributed by atoms with van der Waals surface area (Å²) in [4.78, 5) is 45.0. The summed E-state index contributed by atoms with van der Waals surface area (Å²) in [7, 11) is 0. The Balaban J connectivity index is 3.11. The molecule has 1 aliphatic heterocycles. The van der Waals surface area contributed by atoms with E-state index in [1.807, 2.05) is 0 Å². The van der Waals surface area contributed by atoms with Crippen LogP contribution < -0.4 is 0 Å². The molecule has 0 radical (unpaired) electrons. The molecule has 0 N–H and O–H groups in total. The van der Waals surface area contributed by atoms with Gasteiger partial charge in [-0.25, -0.2) is 0 Å². The van der Waals surface area contributed by atoms with E-state index in [-0.39, 0.29) is 6.61 Å². The summed E-state index contributed by atoms with van der Waals surface area (Å²) in [5, 5.41) is 0. The Morgan fingerprint density at radius 3 is 1.91 bits per heavy atom. The molecule has 9 nitrogen and oxygen atoms in total. The highest BCUT2D eigenvalue weighted by atomic mass is 16.8. The molecule has 0 aromatic carbocycles. The molecule has 1 heterocycles. The molecule has 0 aliphatic carbocycles. The molecule has 9 heteroatoms. The third-order valence-corrected chi connectivity index (χ3v) is 3.05. The predicted molar refractivity (Wildman–Crippen MR) is 72.8 cm³/mol. The first-order valence-corrected chi connectivity index (χ1v) is 6.89. The minimum atomic E-state index is -1.58. The quantitative estimate of drug-likeness (QED) is 0.510. The van der Waals surface area contributed by atoms with Crippen LogP contribution in [0.15, 0.2) is 0 Å². The second kappa shape index (κ2) is 7.40. The fourth-order valence-electron chi connectivity index (χ4n) is 2.28. The van der Waals surface area contributed by atoms with Crippen molar-refractivity contribution in [1.29, 1.82) is 0 Å². The largest absolute Gasteiger partial charge is 0.463 e.